The van der Waals surface area contributed by atoms with Crippen molar-refractivity contribution in [3.63, 3.8) is 0 Å². The Kier molecular flexibility index (Phi) is 16.0. The van der Waals surface area contributed by atoms with Crippen LogP contribution in [0.1, 0.15) is 44.5 Å². The van der Waals surface area contributed by atoms with E-state index < -0.39 is 195 Å². The quantitative estimate of drug-likeness (QED) is 0.0399. The molecule has 10 rings (SSSR count). The number of aromatic nitrogens is 1. The number of benzene rings is 9. The van der Waals surface area contributed by atoms with Crippen molar-refractivity contribution in [2.24, 2.45) is 0 Å². The lowest BCUT2D eigenvalue weighted by Crippen LogP contribution is -2.75. The van der Waals surface area contributed by atoms with Crippen molar-refractivity contribution >= 4 is 76.8 Å². The highest BCUT2D eigenvalue weighted by atomic mass is 19.4. The first-order valence-electron chi connectivity index (χ1n) is 24.9. The standard InChI is InChI=1S/C32H12BF24.C27H17N2O3/c34-25(35,36)13-1-14(26(37,38)39)6-21(5-13)33(22-7-15(27(40,41)42)2-16(8-22)28(43,44)45,23-9-17(29(46,47)48)3-18(10-23)30(49,50)51)24-11-19(31(52,53)54)4-20(12-24)32(55,56)57;30-29(31)26-22-11-5-3-8-19(22)16-25-24(26)15-20-9-4-6-12-23(20)27(25)32-28-14-13-18-7-1-2-10-21(18)17-28/h1-12H;1-17H/q-1;+1. The van der Waals surface area contributed by atoms with E-state index in [1.54, 1.807) is 10.8 Å². The maximum Gasteiger partial charge on any atom is 0.416 e. The highest BCUT2D eigenvalue weighted by molar-refractivity contribution is 7.20. The first-order chi connectivity index (χ1) is 40.9. The van der Waals surface area contributed by atoms with E-state index in [1.165, 1.54) is 0 Å². The molecule has 0 bridgehead atoms. The molecule has 89 heavy (non-hydrogen) atoms. The van der Waals surface area contributed by atoms with E-state index in [2.05, 4.69) is 0 Å². The monoisotopic (exact) mass is 1280 g/mol. The number of fused-ring (bicyclic) bond motifs is 4. The third-order valence-electron chi connectivity index (χ3n) is 14.3. The topological polar surface area (TPSA) is 56.3 Å². The van der Waals surface area contributed by atoms with Gasteiger partial charge in [-0.25, -0.2) is 4.84 Å². The fourth-order valence-corrected chi connectivity index (χ4v) is 10.5. The summed E-state index contributed by atoms with van der Waals surface area (Å²) in [5.41, 5.74) is -30.1. The normalized spacial score (nSPS) is 13.3. The van der Waals surface area contributed by atoms with Gasteiger partial charge in [-0.05, 0) is 64.7 Å². The molecule has 0 atom stereocenters. The fourth-order valence-electron chi connectivity index (χ4n) is 10.5. The summed E-state index contributed by atoms with van der Waals surface area (Å²) in [6.45, 7) is 0. The Bertz CT molecular complexity index is 3970. The van der Waals surface area contributed by atoms with Crippen LogP contribution in [0.5, 0.6) is 5.75 Å². The maximum absolute atomic E-state index is 14.2. The fraction of sp³-hybridized carbons (Fsp3) is 0.136. The van der Waals surface area contributed by atoms with Gasteiger partial charge in [0.15, 0.2) is 0 Å². The van der Waals surface area contributed by atoms with Gasteiger partial charge in [-0.3, -0.25) is 10.1 Å². The van der Waals surface area contributed by atoms with Crippen molar-refractivity contribution in [2.75, 3.05) is 0 Å². The minimum atomic E-state index is -6.13. The Morgan fingerprint density at radius 3 is 0.933 bits per heavy atom. The van der Waals surface area contributed by atoms with Gasteiger partial charge < -0.3 is 0 Å². The predicted molar refractivity (Wildman–Crippen MR) is 276 cm³/mol. The maximum atomic E-state index is 14.2. The number of alkyl halides is 24. The summed E-state index contributed by atoms with van der Waals surface area (Å²) in [5, 5.41) is 18.7. The Morgan fingerprint density at radius 1 is 0.326 bits per heavy atom. The molecule has 0 N–H and O–H groups in total. The van der Waals surface area contributed by atoms with Crippen LogP contribution >= 0.6 is 0 Å². The Hall–Kier alpha value is -9.25. The molecule has 0 aliphatic rings. The zero-order chi connectivity index (χ0) is 65.6. The van der Waals surface area contributed by atoms with Crippen LogP contribution in [0.4, 0.5) is 111 Å². The minimum absolute atomic E-state index is 0.0946. The van der Waals surface area contributed by atoms with Crippen LogP contribution in [0.25, 0.3) is 43.1 Å². The molecule has 10 aromatic rings. The molecule has 0 saturated carbocycles. The van der Waals surface area contributed by atoms with E-state index in [1.807, 2.05) is 97.3 Å². The third-order valence-corrected chi connectivity index (χ3v) is 14.3. The van der Waals surface area contributed by atoms with E-state index in [-0.39, 0.29) is 10.6 Å². The number of nitro groups is 1. The number of rotatable bonds is 7. The van der Waals surface area contributed by atoms with Crippen molar-refractivity contribution < 1.29 is 120 Å². The number of nitrogens with zero attached hydrogens (tertiary/aromatic N) is 2. The number of pyridine rings is 1. The Labute approximate surface area is 481 Å². The second-order valence-electron chi connectivity index (χ2n) is 20.0. The minimum Gasteiger partial charge on any atom is -0.258 e. The van der Waals surface area contributed by atoms with Crippen LogP contribution in [0, 0.1) is 10.1 Å². The van der Waals surface area contributed by atoms with Crippen LogP contribution in [-0.2, 0) is 49.4 Å². The van der Waals surface area contributed by atoms with Crippen LogP contribution in [0.3, 0.4) is 0 Å². The smallest absolute Gasteiger partial charge is 0.258 e. The average molecular weight is 1280 g/mol. The summed E-state index contributed by atoms with van der Waals surface area (Å²) < 4.78 is 342. The van der Waals surface area contributed by atoms with Crippen LogP contribution < -0.4 is 31.4 Å². The van der Waals surface area contributed by atoms with E-state index in [4.69, 9.17) is 4.84 Å². The van der Waals surface area contributed by atoms with Gasteiger partial charge in [-0.15, -0.1) is 0 Å². The predicted octanol–water partition coefficient (Wildman–Crippen LogP) is 17.6. The largest absolute Gasteiger partial charge is 0.416 e. The number of halogens is 24. The molecule has 0 amide bonds. The summed E-state index contributed by atoms with van der Waals surface area (Å²) in [4.78, 5) is 18.2. The SMILES string of the molecule is FC(F)(F)c1cc([B-](c2cc(C(F)(F)F)cc(C(F)(F)F)c2)(c2cc(C(F)(F)F)cc(C(F)(F)F)c2)c2cc(C(F)(F)F)cc(C(F)(F)F)c2)cc(C(F)(F)F)c1.O=[N+]([O-])c1c2ccccc2cc2c(O[n+]3ccc4ccccc4c3)c3ccccc3cc12. The van der Waals surface area contributed by atoms with Crippen molar-refractivity contribution in [3.05, 3.63) is 231 Å². The van der Waals surface area contributed by atoms with Crippen molar-refractivity contribution in [3.8, 4) is 5.75 Å². The Morgan fingerprint density at radius 2 is 0.607 bits per heavy atom. The van der Waals surface area contributed by atoms with Gasteiger partial charge in [0, 0.05) is 21.6 Å². The van der Waals surface area contributed by atoms with E-state index >= 15 is 0 Å². The van der Waals surface area contributed by atoms with Gasteiger partial charge in [0.1, 0.15) is 6.15 Å². The van der Waals surface area contributed by atoms with Crippen LogP contribution in [0.15, 0.2) is 176 Å². The summed E-state index contributed by atoms with van der Waals surface area (Å²) >= 11 is 0. The Balaban J connectivity index is 0.000000245. The molecule has 0 spiro atoms. The lowest BCUT2D eigenvalue weighted by atomic mass is 9.12. The van der Waals surface area contributed by atoms with E-state index in [0.29, 0.717) is 21.9 Å². The number of nitro benzene ring substituents is 1. The van der Waals surface area contributed by atoms with Crippen molar-refractivity contribution in [1.29, 1.82) is 0 Å². The third kappa shape index (κ3) is 13.0. The second kappa shape index (κ2) is 22.1. The zero-order valence-corrected chi connectivity index (χ0v) is 43.5. The summed E-state index contributed by atoms with van der Waals surface area (Å²) in [7, 11) is 0. The van der Waals surface area contributed by atoms with Gasteiger partial charge in [-0.2, -0.15) is 127 Å². The van der Waals surface area contributed by atoms with Crippen molar-refractivity contribution in [2.45, 2.75) is 49.4 Å². The molecule has 0 saturated heterocycles. The molecule has 30 heteroatoms. The van der Waals surface area contributed by atoms with E-state index in [0.717, 1.165) is 26.9 Å². The number of non-ortho nitro benzene ring substituents is 1. The van der Waals surface area contributed by atoms with Gasteiger partial charge >= 0.3 is 49.4 Å². The molecule has 0 unspecified atom stereocenters. The molecule has 9 aromatic carbocycles. The molecule has 0 aliphatic heterocycles. The highest BCUT2D eigenvalue weighted by Crippen LogP contribution is 2.45. The van der Waals surface area contributed by atoms with Crippen LogP contribution in [0.2, 0.25) is 0 Å². The second-order valence-corrected chi connectivity index (χ2v) is 20.0. The lowest BCUT2D eigenvalue weighted by molar-refractivity contribution is -0.873. The van der Waals surface area contributed by atoms with Gasteiger partial charge in [-0.1, -0.05) is 109 Å². The molecular formula is C59H29BF24N2O3. The van der Waals surface area contributed by atoms with Gasteiger partial charge in [0.2, 0.25) is 18.1 Å². The molecule has 5 nitrogen and oxygen atoms in total. The molecule has 0 radical (unpaired) electrons. The van der Waals surface area contributed by atoms with Gasteiger partial charge in [0.25, 0.3) is 5.69 Å². The molecule has 1 heterocycles. The molecule has 0 aliphatic carbocycles. The average Bonchev–Trinajstić information content (AvgIpc) is 0.731. The van der Waals surface area contributed by atoms with Crippen LogP contribution in [-0.4, -0.2) is 11.1 Å². The highest BCUT2D eigenvalue weighted by Gasteiger charge is 2.47. The van der Waals surface area contributed by atoms with E-state index in [9.17, 15) is 115 Å². The first-order valence-corrected chi connectivity index (χ1v) is 24.9. The molecule has 1 aromatic heterocycles. The number of hydrogen-bond donors (Lipinski definition) is 0. The zero-order valence-electron chi connectivity index (χ0n) is 43.5. The summed E-state index contributed by atoms with van der Waals surface area (Å²) in [5.74, 6) is 0.590. The number of hydrogen-bond acceptors (Lipinski definition) is 3. The lowest BCUT2D eigenvalue weighted by Gasteiger charge is -2.46. The first kappa shape index (κ1) is 64.2. The molecular weight excluding hydrogens is 1250 g/mol. The molecule has 464 valence electrons. The van der Waals surface area contributed by atoms with Crippen molar-refractivity contribution in [1.82, 2.24) is 0 Å². The summed E-state index contributed by atoms with van der Waals surface area (Å²) in [6.07, 6.45) is -51.0. The summed E-state index contributed by atoms with van der Waals surface area (Å²) in [6, 6.07) is 20.3. The molecule has 0 fully saturated rings. The van der Waals surface area contributed by atoms with Gasteiger partial charge in [0.05, 0.1) is 65.6 Å².